The maximum atomic E-state index is 13.7. The van der Waals surface area contributed by atoms with Crippen LogP contribution in [0.1, 0.15) is 35.3 Å². The third-order valence-electron chi connectivity index (χ3n) is 7.15. The number of ether oxygens (including phenoxy) is 3. The van der Waals surface area contributed by atoms with Gasteiger partial charge in [0.25, 0.3) is 5.91 Å². The topological polar surface area (TPSA) is 80.3 Å². The van der Waals surface area contributed by atoms with Crippen molar-refractivity contribution in [3.8, 4) is 5.75 Å². The van der Waals surface area contributed by atoms with Crippen LogP contribution in [0.25, 0.3) is 0 Å². The summed E-state index contributed by atoms with van der Waals surface area (Å²) in [6.45, 7) is 6.50. The van der Waals surface area contributed by atoms with Crippen molar-refractivity contribution in [3.63, 3.8) is 0 Å². The van der Waals surface area contributed by atoms with Gasteiger partial charge in [-0.25, -0.2) is 0 Å². The highest BCUT2D eigenvalue weighted by Crippen LogP contribution is 2.29. The van der Waals surface area contributed by atoms with Crippen molar-refractivity contribution in [2.75, 3.05) is 53.6 Å². The van der Waals surface area contributed by atoms with Crippen LogP contribution in [0.3, 0.4) is 0 Å². The minimum absolute atomic E-state index is 0.0278. The van der Waals surface area contributed by atoms with Crippen LogP contribution in [-0.2, 0) is 27.3 Å². The third kappa shape index (κ3) is 10.0. The molecule has 0 aliphatic carbocycles. The molecule has 0 bridgehead atoms. The van der Waals surface area contributed by atoms with Crippen LogP contribution < -0.4 is 10.1 Å². The molecule has 0 radical (unpaired) electrons. The average molecular weight is 580 g/mol. The lowest BCUT2D eigenvalue weighted by molar-refractivity contribution is -0.275. The highest BCUT2D eigenvalue weighted by Gasteiger charge is 2.34. The van der Waals surface area contributed by atoms with Crippen molar-refractivity contribution in [3.05, 3.63) is 65.2 Å². The zero-order valence-electron chi connectivity index (χ0n) is 24.1. The number of carbonyl (C=O) groups is 2. The lowest BCUT2D eigenvalue weighted by Gasteiger charge is -2.33. The fourth-order valence-electron chi connectivity index (χ4n) is 4.89. The average Bonchev–Trinajstić information content (AvgIpc) is 3.36. The number of hydrogen-bond donors (Lipinski definition) is 1. The molecule has 0 aromatic heterocycles. The Labute approximate surface area is 239 Å². The van der Waals surface area contributed by atoms with Gasteiger partial charge in [-0.3, -0.25) is 9.59 Å². The molecule has 226 valence electrons. The SMILES string of the molecule is COCCOCc1cc(C(=O)N(C[C@@H]2CNC[C@H]2CN(C)C(=O)Cc2ccccc2)C(C)C)ccc1OC(F)(F)F. The molecular formula is C30H40F3N3O5. The molecule has 1 aliphatic rings. The van der Waals surface area contributed by atoms with E-state index in [1.54, 1.807) is 16.8 Å². The molecule has 0 spiro atoms. The fraction of sp³-hybridized carbons (Fsp3) is 0.533. The van der Waals surface area contributed by atoms with Gasteiger partial charge in [0.15, 0.2) is 0 Å². The largest absolute Gasteiger partial charge is 0.573 e. The third-order valence-corrected chi connectivity index (χ3v) is 7.15. The summed E-state index contributed by atoms with van der Waals surface area (Å²) < 4.78 is 53.5. The van der Waals surface area contributed by atoms with Crippen LogP contribution in [0, 0.1) is 11.8 Å². The summed E-state index contributed by atoms with van der Waals surface area (Å²) in [7, 11) is 3.29. The minimum atomic E-state index is -4.88. The van der Waals surface area contributed by atoms with Gasteiger partial charge in [-0.1, -0.05) is 30.3 Å². The Balaban J connectivity index is 1.71. The molecule has 8 nitrogen and oxygen atoms in total. The second-order valence-corrected chi connectivity index (χ2v) is 10.6. The molecular weight excluding hydrogens is 539 g/mol. The van der Waals surface area contributed by atoms with E-state index in [2.05, 4.69) is 10.1 Å². The standard InChI is InChI=1S/C30H40F3N3O5/c1-21(2)36(19-26-17-34-16-25(26)18-35(3)28(37)14-22-8-6-5-7-9-22)29(38)23-10-11-27(41-30(31,32)33)24(15-23)20-40-13-12-39-4/h5-11,15,21,25-26,34H,12-14,16-20H2,1-4H3/t25-,26-/m0/s1. The Bertz CT molecular complexity index is 1130. The number of methoxy groups -OCH3 is 1. The molecule has 1 N–H and O–H groups in total. The molecule has 1 heterocycles. The van der Waals surface area contributed by atoms with Crippen molar-refractivity contribution in [2.24, 2.45) is 11.8 Å². The zero-order chi connectivity index (χ0) is 30.0. The maximum Gasteiger partial charge on any atom is 0.573 e. The van der Waals surface area contributed by atoms with Gasteiger partial charge < -0.3 is 29.3 Å². The molecule has 3 rings (SSSR count). The van der Waals surface area contributed by atoms with E-state index in [0.29, 0.717) is 26.1 Å². The monoisotopic (exact) mass is 579 g/mol. The van der Waals surface area contributed by atoms with Crippen LogP contribution in [-0.4, -0.2) is 87.6 Å². The predicted octanol–water partition coefficient (Wildman–Crippen LogP) is 4.14. The molecule has 11 heteroatoms. The Morgan fingerprint density at radius 2 is 1.71 bits per heavy atom. The van der Waals surface area contributed by atoms with Gasteiger partial charge in [0.2, 0.25) is 5.91 Å². The Kier molecular flexibility index (Phi) is 12.0. The van der Waals surface area contributed by atoms with Crippen molar-refractivity contribution in [1.82, 2.24) is 15.1 Å². The number of carbonyl (C=O) groups excluding carboxylic acids is 2. The van der Waals surface area contributed by atoms with Crippen molar-refractivity contribution < 1.29 is 37.0 Å². The number of amides is 2. The molecule has 2 aromatic carbocycles. The number of hydrogen-bond acceptors (Lipinski definition) is 6. The molecule has 41 heavy (non-hydrogen) atoms. The highest BCUT2D eigenvalue weighted by molar-refractivity contribution is 5.94. The van der Waals surface area contributed by atoms with E-state index in [4.69, 9.17) is 9.47 Å². The summed E-state index contributed by atoms with van der Waals surface area (Å²) in [6, 6.07) is 13.3. The maximum absolute atomic E-state index is 13.7. The second kappa shape index (κ2) is 15.2. The summed E-state index contributed by atoms with van der Waals surface area (Å²) in [5.74, 6) is -0.444. The number of halogens is 3. The first-order valence-corrected chi connectivity index (χ1v) is 13.7. The van der Waals surface area contributed by atoms with E-state index in [9.17, 15) is 22.8 Å². The zero-order valence-corrected chi connectivity index (χ0v) is 24.1. The van der Waals surface area contributed by atoms with Crippen LogP contribution in [0.5, 0.6) is 5.75 Å². The first-order valence-electron chi connectivity index (χ1n) is 13.7. The van der Waals surface area contributed by atoms with Gasteiger partial charge >= 0.3 is 6.36 Å². The lowest BCUT2D eigenvalue weighted by atomic mass is 9.93. The molecule has 2 aromatic rings. The normalized spacial score (nSPS) is 17.1. The van der Waals surface area contributed by atoms with Gasteiger partial charge in [0.1, 0.15) is 5.75 Å². The molecule has 1 aliphatic heterocycles. The molecule has 0 saturated carbocycles. The van der Waals surface area contributed by atoms with Crippen LogP contribution in [0.2, 0.25) is 0 Å². The van der Waals surface area contributed by atoms with E-state index in [1.165, 1.54) is 19.2 Å². The number of nitrogens with one attached hydrogen (secondary N) is 1. The summed E-state index contributed by atoms with van der Waals surface area (Å²) in [5, 5.41) is 3.39. The summed E-state index contributed by atoms with van der Waals surface area (Å²) >= 11 is 0. The first kappa shape index (κ1) is 32.4. The number of likely N-dealkylation sites (N-methyl/N-ethyl adjacent to an activating group) is 1. The summed E-state index contributed by atoms with van der Waals surface area (Å²) in [4.78, 5) is 30.0. The van der Waals surface area contributed by atoms with Gasteiger partial charge in [0, 0.05) is 57.5 Å². The Morgan fingerprint density at radius 1 is 1.02 bits per heavy atom. The van der Waals surface area contributed by atoms with E-state index < -0.39 is 12.1 Å². The van der Waals surface area contributed by atoms with Gasteiger partial charge in [-0.05, 0) is 49.4 Å². The molecule has 1 fully saturated rings. The Hall–Kier alpha value is -3.15. The summed E-state index contributed by atoms with van der Waals surface area (Å²) in [6.07, 6.45) is -4.55. The number of alkyl halides is 3. The molecule has 2 amide bonds. The van der Waals surface area contributed by atoms with Crippen molar-refractivity contribution in [2.45, 2.75) is 39.3 Å². The van der Waals surface area contributed by atoms with Crippen molar-refractivity contribution >= 4 is 11.8 Å². The van der Waals surface area contributed by atoms with Crippen LogP contribution in [0.4, 0.5) is 13.2 Å². The summed E-state index contributed by atoms with van der Waals surface area (Å²) in [5.41, 5.74) is 1.32. The lowest BCUT2D eigenvalue weighted by Crippen LogP contribution is -2.44. The van der Waals surface area contributed by atoms with Gasteiger partial charge in [-0.15, -0.1) is 13.2 Å². The quantitative estimate of drug-likeness (QED) is 0.339. The van der Waals surface area contributed by atoms with Crippen molar-refractivity contribution in [1.29, 1.82) is 0 Å². The van der Waals surface area contributed by atoms with Crippen LogP contribution in [0.15, 0.2) is 48.5 Å². The van der Waals surface area contributed by atoms with E-state index in [-0.39, 0.29) is 60.6 Å². The number of rotatable bonds is 14. The molecule has 0 unspecified atom stereocenters. The first-order chi connectivity index (χ1) is 19.5. The van der Waals surface area contributed by atoms with E-state index in [0.717, 1.165) is 18.2 Å². The van der Waals surface area contributed by atoms with E-state index >= 15 is 0 Å². The Morgan fingerprint density at radius 3 is 2.34 bits per heavy atom. The fourth-order valence-corrected chi connectivity index (χ4v) is 4.89. The molecule has 2 atom stereocenters. The minimum Gasteiger partial charge on any atom is -0.405 e. The van der Waals surface area contributed by atoms with Crippen LogP contribution >= 0.6 is 0 Å². The predicted molar refractivity (Wildman–Crippen MR) is 148 cm³/mol. The smallest absolute Gasteiger partial charge is 0.405 e. The van der Waals surface area contributed by atoms with Gasteiger partial charge in [-0.2, -0.15) is 0 Å². The number of benzene rings is 2. The molecule has 1 saturated heterocycles. The highest BCUT2D eigenvalue weighted by atomic mass is 19.4. The number of nitrogens with zero attached hydrogens (tertiary/aromatic N) is 2. The van der Waals surface area contributed by atoms with E-state index in [1.807, 2.05) is 44.2 Å². The van der Waals surface area contributed by atoms with Gasteiger partial charge in [0.05, 0.1) is 26.2 Å². The second-order valence-electron chi connectivity index (χ2n) is 10.6.